The Morgan fingerprint density at radius 1 is 1.35 bits per heavy atom. The molecule has 6 heteroatoms. The number of hydrogen-bond acceptors (Lipinski definition) is 5. The van der Waals surface area contributed by atoms with Crippen LogP contribution in [0.3, 0.4) is 0 Å². The van der Waals surface area contributed by atoms with Crippen LogP contribution in [0.5, 0.6) is 0 Å². The van der Waals surface area contributed by atoms with Gasteiger partial charge in [0.1, 0.15) is 0 Å². The summed E-state index contributed by atoms with van der Waals surface area (Å²) in [5, 5.41) is 3.23. The first-order chi connectivity index (χ1) is 9.70. The zero-order chi connectivity index (χ0) is 14.4. The maximum absolute atomic E-state index is 12.4. The lowest BCUT2D eigenvalue weighted by molar-refractivity contribution is -0.145. The number of rotatable bonds is 4. The molecule has 0 aromatic rings. The highest BCUT2D eigenvalue weighted by atomic mass is 16.5. The second kappa shape index (κ2) is 7.59. The van der Waals surface area contributed by atoms with E-state index >= 15 is 0 Å². The van der Waals surface area contributed by atoms with Gasteiger partial charge in [0.15, 0.2) is 0 Å². The fourth-order valence-electron chi connectivity index (χ4n) is 2.88. The minimum atomic E-state index is -0.245. The predicted molar refractivity (Wildman–Crippen MR) is 73.2 cm³/mol. The Balaban J connectivity index is 1.88. The summed E-state index contributed by atoms with van der Waals surface area (Å²) in [6.07, 6.45) is 3.60. The number of amides is 1. The quantitative estimate of drug-likeness (QED) is 0.753. The molecule has 2 heterocycles. The lowest BCUT2D eigenvalue weighted by Gasteiger charge is -2.36. The minimum absolute atomic E-state index is 0.0137. The van der Waals surface area contributed by atoms with Crippen LogP contribution in [-0.4, -0.2) is 62.3 Å². The lowest BCUT2D eigenvalue weighted by atomic mass is 9.98. The zero-order valence-electron chi connectivity index (χ0n) is 12.1. The molecule has 0 saturated carbocycles. The van der Waals surface area contributed by atoms with Gasteiger partial charge in [-0.3, -0.25) is 9.59 Å². The van der Waals surface area contributed by atoms with Crippen molar-refractivity contribution in [2.24, 2.45) is 0 Å². The van der Waals surface area contributed by atoms with Crippen LogP contribution in [0, 0.1) is 0 Å². The van der Waals surface area contributed by atoms with Gasteiger partial charge in [-0.2, -0.15) is 0 Å². The summed E-state index contributed by atoms with van der Waals surface area (Å²) in [5.41, 5.74) is 0. The highest BCUT2D eigenvalue weighted by Crippen LogP contribution is 2.21. The molecular weight excluding hydrogens is 260 g/mol. The van der Waals surface area contributed by atoms with Gasteiger partial charge < -0.3 is 19.7 Å². The molecule has 1 amide bonds. The summed E-state index contributed by atoms with van der Waals surface area (Å²) in [7, 11) is 1.39. The first kappa shape index (κ1) is 15.3. The summed E-state index contributed by atoms with van der Waals surface area (Å²) in [4.78, 5) is 25.7. The zero-order valence-corrected chi connectivity index (χ0v) is 12.1. The fraction of sp³-hybridized carbons (Fsp3) is 0.857. The van der Waals surface area contributed by atoms with Crippen molar-refractivity contribution < 1.29 is 19.1 Å². The monoisotopic (exact) mass is 284 g/mol. The molecule has 2 aliphatic rings. The molecule has 2 fully saturated rings. The second-order valence-corrected chi connectivity index (χ2v) is 5.42. The van der Waals surface area contributed by atoms with Crippen LogP contribution in [-0.2, 0) is 19.1 Å². The molecule has 0 spiro atoms. The normalized spacial score (nSPS) is 27.1. The predicted octanol–water partition coefficient (Wildman–Crippen LogP) is 0.309. The molecule has 20 heavy (non-hydrogen) atoms. The van der Waals surface area contributed by atoms with Crippen molar-refractivity contribution in [3.63, 3.8) is 0 Å². The number of nitrogens with zero attached hydrogens (tertiary/aromatic N) is 1. The Morgan fingerprint density at radius 3 is 2.90 bits per heavy atom. The van der Waals surface area contributed by atoms with E-state index in [-0.39, 0.29) is 24.0 Å². The first-order valence-corrected chi connectivity index (χ1v) is 7.39. The summed E-state index contributed by atoms with van der Waals surface area (Å²) >= 11 is 0. The van der Waals surface area contributed by atoms with Crippen molar-refractivity contribution in [3.8, 4) is 0 Å². The second-order valence-electron chi connectivity index (χ2n) is 5.42. The number of esters is 1. The molecule has 2 unspecified atom stereocenters. The van der Waals surface area contributed by atoms with Crippen molar-refractivity contribution in [2.75, 3.05) is 33.4 Å². The Labute approximate surface area is 119 Å². The molecule has 2 atom stereocenters. The van der Waals surface area contributed by atoms with Gasteiger partial charge in [0.25, 0.3) is 0 Å². The van der Waals surface area contributed by atoms with E-state index in [2.05, 4.69) is 5.32 Å². The number of morpholine rings is 1. The van der Waals surface area contributed by atoms with Crippen molar-refractivity contribution >= 4 is 11.9 Å². The van der Waals surface area contributed by atoms with E-state index in [0.717, 1.165) is 38.9 Å². The number of methoxy groups -OCH3 is 1. The van der Waals surface area contributed by atoms with Gasteiger partial charge >= 0.3 is 5.97 Å². The number of carbonyl (C=O) groups excluding carboxylic acids is 2. The van der Waals surface area contributed by atoms with Crippen LogP contribution < -0.4 is 5.32 Å². The number of carbonyl (C=O) groups is 2. The SMILES string of the molecule is COC(=O)CC1CCCCN1C(=O)CC1CNCCO1. The maximum atomic E-state index is 12.4. The fourth-order valence-corrected chi connectivity index (χ4v) is 2.88. The van der Waals surface area contributed by atoms with E-state index in [9.17, 15) is 9.59 Å². The topological polar surface area (TPSA) is 67.9 Å². The minimum Gasteiger partial charge on any atom is -0.469 e. The third-order valence-corrected chi connectivity index (χ3v) is 3.98. The molecular formula is C14H24N2O4. The highest BCUT2D eigenvalue weighted by Gasteiger charge is 2.30. The van der Waals surface area contributed by atoms with Gasteiger partial charge in [0, 0.05) is 25.7 Å². The van der Waals surface area contributed by atoms with Crippen LogP contribution >= 0.6 is 0 Å². The summed E-state index contributed by atoms with van der Waals surface area (Å²) in [6.45, 7) is 2.96. The Kier molecular flexibility index (Phi) is 5.79. The van der Waals surface area contributed by atoms with Gasteiger partial charge in [-0.25, -0.2) is 0 Å². The molecule has 6 nitrogen and oxygen atoms in total. The van der Waals surface area contributed by atoms with Crippen molar-refractivity contribution in [3.05, 3.63) is 0 Å². The van der Waals surface area contributed by atoms with Gasteiger partial charge in [-0.1, -0.05) is 0 Å². The van der Waals surface area contributed by atoms with Gasteiger partial charge in [-0.05, 0) is 19.3 Å². The van der Waals surface area contributed by atoms with E-state index in [0.29, 0.717) is 19.4 Å². The summed E-state index contributed by atoms with van der Waals surface area (Å²) in [5.74, 6) is -0.155. The van der Waals surface area contributed by atoms with E-state index in [1.54, 1.807) is 0 Å². The Morgan fingerprint density at radius 2 is 2.20 bits per heavy atom. The average Bonchev–Trinajstić information content (AvgIpc) is 2.48. The Hall–Kier alpha value is -1.14. The van der Waals surface area contributed by atoms with Gasteiger partial charge in [0.05, 0.1) is 32.7 Å². The van der Waals surface area contributed by atoms with Crippen LogP contribution in [0.4, 0.5) is 0 Å². The average molecular weight is 284 g/mol. The first-order valence-electron chi connectivity index (χ1n) is 7.39. The highest BCUT2D eigenvalue weighted by molar-refractivity contribution is 5.78. The summed E-state index contributed by atoms with van der Waals surface area (Å²) in [6, 6.07) is -0.0137. The molecule has 0 aromatic carbocycles. The molecule has 2 saturated heterocycles. The van der Waals surface area contributed by atoms with E-state index < -0.39 is 0 Å². The van der Waals surface area contributed by atoms with Crippen molar-refractivity contribution in [1.29, 1.82) is 0 Å². The number of likely N-dealkylation sites (tertiary alicyclic amines) is 1. The number of nitrogens with one attached hydrogen (secondary N) is 1. The molecule has 0 radical (unpaired) electrons. The van der Waals surface area contributed by atoms with Gasteiger partial charge in [0.2, 0.25) is 5.91 Å². The van der Waals surface area contributed by atoms with E-state index in [1.807, 2.05) is 4.90 Å². The van der Waals surface area contributed by atoms with E-state index in [4.69, 9.17) is 9.47 Å². The number of piperidine rings is 1. The molecule has 114 valence electrons. The number of ether oxygens (including phenoxy) is 2. The standard InChI is InChI=1S/C14H24N2O4/c1-19-14(18)8-11-4-2-3-6-16(11)13(17)9-12-10-15-5-7-20-12/h11-12,15H,2-10H2,1H3. The third-order valence-electron chi connectivity index (χ3n) is 3.98. The largest absolute Gasteiger partial charge is 0.469 e. The van der Waals surface area contributed by atoms with Crippen molar-refractivity contribution in [1.82, 2.24) is 10.2 Å². The van der Waals surface area contributed by atoms with Gasteiger partial charge in [-0.15, -0.1) is 0 Å². The van der Waals surface area contributed by atoms with Crippen LogP contribution in [0.2, 0.25) is 0 Å². The molecule has 2 aliphatic heterocycles. The summed E-state index contributed by atoms with van der Waals surface area (Å²) < 4.78 is 10.3. The maximum Gasteiger partial charge on any atom is 0.307 e. The van der Waals surface area contributed by atoms with Crippen LogP contribution in [0.1, 0.15) is 32.1 Å². The molecule has 1 N–H and O–H groups in total. The molecule has 2 rings (SSSR count). The van der Waals surface area contributed by atoms with E-state index in [1.165, 1.54) is 7.11 Å². The molecule has 0 bridgehead atoms. The smallest absolute Gasteiger partial charge is 0.307 e. The van der Waals surface area contributed by atoms with Crippen LogP contribution in [0.25, 0.3) is 0 Å². The van der Waals surface area contributed by atoms with Crippen molar-refractivity contribution in [2.45, 2.75) is 44.2 Å². The lowest BCUT2D eigenvalue weighted by Crippen LogP contribution is -2.48. The molecule has 0 aliphatic carbocycles. The Bertz CT molecular complexity index is 342. The van der Waals surface area contributed by atoms with Crippen LogP contribution in [0.15, 0.2) is 0 Å². The number of hydrogen-bond donors (Lipinski definition) is 1. The molecule has 0 aromatic heterocycles. The third kappa shape index (κ3) is 4.18.